The Bertz CT molecular complexity index is 800. The van der Waals surface area contributed by atoms with Crippen molar-refractivity contribution in [1.29, 1.82) is 0 Å². The highest BCUT2D eigenvalue weighted by Crippen LogP contribution is 2.57. The maximum atomic E-state index is 5.62. The Hall–Kier alpha value is -1.11. The first-order chi connectivity index (χ1) is 14.0. The van der Waals surface area contributed by atoms with Gasteiger partial charge in [0.05, 0.1) is 40.1 Å². The van der Waals surface area contributed by atoms with Gasteiger partial charge in [-0.2, -0.15) is 0 Å². The number of rotatable bonds is 9. The van der Waals surface area contributed by atoms with Gasteiger partial charge < -0.3 is 13.3 Å². The van der Waals surface area contributed by atoms with Crippen LogP contribution in [-0.4, -0.2) is 9.33 Å². The molecule has 1 fully saturated rings. The summed E-state index contributed by atoms with van der Waals surface area (Å²) in [7, 11) is 0. The lowest BCUT2D eigenvalue weighted by molar-refractivity contribution is 0.252. The fourth-order valence-electron chi connectivity index (χ4n) is 3.69. The fourth-order valence-corrected chi connectivity index (χ4v) is 8.29. The molecule has 1 unspecified atom stereocenters. The normalized spacial score (nSPS) is 20.7. The molecule has 0 bridgehead atoms. The second-order valence-corrected chi connectivity index (χ2v) is 12.4. The van der Waals surface area contributed by atoms with Gasteiger partial charge in [-0.25, -0.2) is 0 Å². The largest absolute Gasteiger partial charge is 0.468 e. The molecule has 156 valence electrons. The van der Waals surface area contributed by atoms with Gasteiger partial charge in [0, 0.05) is 5.25 Å². The zero-order valence-electron chi connectivity index (χ0n) is 17.0. The van der Waals surface area contributed by atoms with E-state index in [0.717, 1.165) is 34.5 Å². The Morgan fingerprint density at radius 1 is 0.793 bits per heavy atom. The highest BCUT2D eigenvalue weighted by molar-refractivity contribution is 8.17. The van der Waals surface area contributed by atoms with E-state index in [4.69, 9.17) is 13.3 Å². The van der Waals surface area contributed by atoms with Crippen LogP contribution in [-0.2, 0) is 17.3 Å². The van der Waals surface area contributed by atoms with Crippen molar-refractivity contribution in [1.82, 2.24) is 0 Å². The molecule has 3 aromatic rings. The number of thioether (sulfide) groups is 3. The van der Waals surface area contributed by atoms with E-state index in [-0.39, 0.29) is 4.08 Å². The molecule has 3 nitrogen and oxygen atoms in total. The van der Waals surface area contributed by atoms with E-state index in [0.29, 0.717) is 10.7 Å². The predicted molar refractivity (Wildman–Crippen MR) is 124 cm³/mol. The van der Waals surface area contributed by atoms with Crippen molar-refractivity contribution in [3.8, 4) is 0 Å². The van der Waals surface area contributed by atoms with Gasteiger partial charge in [0.15, 0.2) is 0 Å². The molecule has 3 aromatic heterocycles. The molecule has 29 heavy (non-hydrogen) atoms. The third-order valence-corrected chi connectivity index (χ3v) is 10.7. The summed E-state index contributed by atoms with van der Waals surface area (Å²) in [5, 5.41) is 0.578. The molecule has 0 saturated heterocycles. The van der Waals surface area contributed by atoms with Crippen molar-refractivity contribution in [3.63, 3.8) is 0 Å². The number of hydrogen-bond acceptors (Lipinski definition) is 6. The minimum Gasteiger partial charge on any atom is -0.468 e. The van der Waals surface area contributed by atoms with Crippen LogP contribution >= 0.6 is 35.3 Å². The van der Waals surface area contributed by atoms with Crippen LogP contribution in [0.3, 0.4) is 0 Å². The van der Waals surface area contributed by atoms with Gasteiger partial charge in [0.2, 0.25) is 0 Å². The molecule has 4 rings (SSSR count). The molecule has 1 atom stereocenters. The molecule has 1 aliphatic carbocycles. The smallest absolute Gasteiger partial charge is 0.113 e. The molecule has 0 aromatic carbocycles. The number of furan rings is 3. The first-order valence-corrected chi connectivity index (χ1v) is 13.0. The summed E-state index contributed by atoms with van der Waals surface area (Å²) < 4.78 is 17.0. The van der Waals surface area contributed by atoms with Crippen LogP contribution < -0.4 is 0 Å². The Morgan fingerprint density at radius 2 is 1.31 bits per heavy atom. The lowest BCUT2D eigenvalue weighted by atomic mass is 9.76. The van der Waals surface area contributed by atoms with Crippen molar-refractivity contribution >= 4 is 35.3 Å². The van der Waals surface area contributed by atoms with Gasteiger partial charge in [0.25, 0.3) is 0 Å². The molecule has 1 saturated carbocycles. The summed E-state index contributed by atoms with van der Waals surface area (Å²) in [5.74, 6) is 5.93. The Labute approximate surface area is 185 Å². The summed E-state index contributed by atoms with van der Waals surface area (Å²) in [6.07, 6.45) is 8.90. The summed E-state index contributed by atoms with van der Waals surface area (Å²) in [6.45, 7) is 4.84. The van der Waals surface area contributed by atoms with Gasteiger partial charge in [0.1, 0.15) is 17.3 Å². The molecule has 0 spiro atoms. The molecular weight excluding hydrogens is 420 g/mol. The topological polar surface area (TPSA) is 39.4 Å². The van der Waals surface area contributed by atoms with E-state index in [9.17, 15) is 0 Å². The molecule has 6 heteroatoms. The lowest BCUT2D eigenvalue weighted by Crippen LogP contribution is -2.41. The van der Waals surface area contributed by atoms with E-state index in [1.165, 1.54) is 19.3 Å². The van der Waals surface area contributed by atoms with E-state index in [1.807, 2.05) is 53.5 Å². The monoisotopic (exact) mass is 448 g/mol. The van der Waals surface area contributed by atoms with E-state index in [2.05, 4.69) is 32.0 Å². The maximum Gasteiger partial charge on any atom is 0.113 e. The first-order valence-electron chi connectivity index (χ1n) is 10.0. The summed E-state index contributed by atoms with van der Waals surface area (Å²) in [5.41, 5.74) is 0.317. The maximum absolute atomic E-state index is 5.62. The summed E-state index contributed by atoms with van der Waals surface area (Å²) in [4.78, 5) is 0. The fraction of sp³-hybridized carbons (Fsp3) is 0.478. The standard InChI is InChI=1S/C23H28O3S3/c1-22(2)9-10-23(28-16-19-7-4-12-25-19,29-17-20-8-5-13-26-20)14-21(22)27-15-18-6-3-11-24-18/h3-8,11-13,21H,9-10,14-17H2,1-2H3. The van der Waals surface area contributed by atoms with E-state index < -0.39 is 0 Å². The zero-order chi connectivity index (χ0) is 20.2. The molecule has 0 amide bonds. The van der Waals surface area contributed by atoms with Crippen LogP contribution in [0, 0.1) is 5.41 Å². The van der Waals surface area contributed by atoms with Gasteiger partial charge in [-0.3, -0.25) is 0 Å². The highest BCUT2D eigenvalue weighted by Gasteiger charge is 2.45. The highest BCUT2D eigenvalue weighted by atomic mass is 32.2. The minimum absolute atomic E-state index is 0.163. The van der Waals surface area contributed by atoms with E-state index >= 15 is 0 Å². The van der Waals surface area contributed by atoms with Gasteiger partial charge in [-0.15, -0.1) is 35.3 Å². The molecule has 0 N–H and O–H groups in total. The lowest BCUT2D eigenvalue weighted by Gasteiger charge is -2.48. The van der Waals surface area contributed by atoms with Crippen LogP contribution in [0.25, 0.3) is 0 Å². The van der Waals surface area contributed by atoms with Crippen molar-refractivity contribution in [2.45, 2.75) is 59.7 Å². The van der Waals surface area contributed by atoms with Crippen molar-refractivity contribution in [3.05, 3.63) is 72.5 Å². The van der Waals surface area contributed by atoms with Crippen molar-refractivity contribution in [2.75, 3.05) is 0 Å². The van der Waals surface area contributed by atoms with Gasteiger partial charge in [-0.05, 0) is 61.1 Å². The second-order valence-electron chi connectivity index (χ2n) is 8.22. The van der Waals surface area contributed by atoms with Crippen LogP contribution in [0.1, 0.15) is 50.4 Å². The van der Waals surface area contributed by atoms with Gasteiger partial charge in [-0.1, -0.05) is 13.8 Å². The second kappa shape index (κ2) is 9.36. The molecule has 3 heterocycles. The summed E-state index contributed by atoms with van der Waals surface area (Å²) in [6, 6.07) is 12.2. The molecule has 0 radical (unpaired) electrons. The molecule has 0 aliphatic heterocycles. The first kappa shape index (κ1) is 21.1. The van der Waals surface area contributed by atoms with Crippen molar-refractivity contribution in [2.24, 2.45) is 5.41 Å². The average molecular weight is 449 g/mol. The van der Waals surface area contributed by atoms with E-state index in [1.54, 1.807) is 18.8 Å². The third kappa shape index (κ3) is 5.53. The Kier molecular flexibility index (Phi) is 6.82. The predicted octanol–water partition coefficient (Wildman–Crippen LogP) is 7.84. The zero-order valence-corrected chi connectivity index (χ0v) is 19.4. The average Bonchev–Trinajstić information content (AvgIpc) is 3.49. The number of hydrogen-bond donors (Lipinski definition) is 0. The quantitative estimate of drug-likeness (QED) is 0.310. The van der Waals surface area contributed by atoms with Crippen molar-refractivity contribution < 1.29 is 13.3 Å². The van der Waals surface area contributed by atoms with Gasteiger partial charge >= 0.3 is 0 Å². The Morgan fingerprint density at radius 3 is 1.79 bits per heavy atom. The minimum atomic E-state index is 0.163. The van der Waals surface area contributed by atoms with Crippen LogP contribution in [0.4, 0.5) is 0 Å². The van der Waals surface area contributed by atoms with Crippen LogP contribution in [0.15, 0.2) is 68.4 Å². The molecule has 1 aliphatic rings. The SMILES string of the molecule is CC1(C)CCC(SCc2ccco2)(SCc2ccco2)CC1SCc1ccco1. The third-order valence-electron chi connectivity index (χ3n) is 5.64. The molecular formula is C23H28O3S3. The van der Waals surface area contributed by atoms with Crippen LogP contribution in [0.5, 0.6) is 0 Å². The Balaban J connectivity index is 1.48. The summed E-state index contributed by atoms with van der Waals surface area (Å²) >= 11 is 6.13. The van der Waals surface area contributed by atoms with Crippen LogP contribution in [0.2, 0.25) is 0 Å².